The number of anilines is 1. The van der Waals surface area contributed by atoms with E-state index in [0.29, 0.717) is 18.2 Å². The molecular formula is C31H56N4O2. The zero-order valence-corrected chi connectivity index (χ0v) is 24.1. The largest absolute Gasteiger partial charge is 0.396 e. The molecule has 212 valence electrons. The average molecular weight is 517 g/mol. The number of rotatable bonds is 21. The average Bonchev–Trinajstić information content (AvgIpc) is 2.94. The molecule has 37 heavy (non-hydrogen) atoms. The second kappa shape index (κ2) is 20.3. The van der Waals surface area contributed by atoms with Crippen molar-refractivity contribution in [1.82, 2.24) is 15.2 Å². The van der Waals surface area contributed by atoms with Crippen LogP contribution in [-0.2, 0) is 0 Å². The van der Waals surface area contributed by atoms with E-state index in [4.69, 9.17) is 5.11 Å². The van der Waals surface area contributed by atoms with Gasteiger partial charge in [0.05, 0.1) is 5.56 Å². The molecule has 2 rings (SSSR count). The summed E-state index contributed by atoms with van der Waals surface area (Å²) in [6.45, 7) is 9.79. The highest BCUT2D eigenvalue weighted by atomic mass is 16.2. The third-order valence-electron chi connectivity index (χ3n) is 7.98. The van der Waals surface area contributed by atoms with E-state index >= 15 is 0 Å². The number of piperazine rings is 1. The van der Waals surface area contributed by atoms with Crippen molar-refractivity contribution >= 4 is 11.7 Å². The Morgan fingerprint density at radius 1 is 0.838 bits per heavy atom. The number of aliphatic hydroxyl groups excluding tert-OH is 1. The number of carbonyl (C=O) groups excluding carboxylic acids is 1. The molecular weight excluding hydrogens is 460 g/mol. The molecule has 1 aliphatic heterocycles. The Kier molecular flexibility index (Phi) is 17.3. The molecule has 1 unspecified atom stereocenters. The summed E-state index contributed by atoms with van der Waals surface area (Å²) in [5.41, 5.74) is 0.656. The van der Waals surface area contributed by atoms with Gasteiger partial charge in [0.15, 0.2) is 0 Å². The van der Waals surface area contributed by atoms with Crippen LogP contribution in [0.5, 0.6) is 0 Å². The molecule has 6 heteroatoms. The summed E-state index contributed by atoms with van der Waals surface area (Å²) in [6, 6.07) is 4.55. The van der Waals surface area contributed by atoms with Crippen LogP contribution in [-0.4, -0.2) is 66.3 Å². The number of hydrogen-bond acceptors (Lipinski definition) is 5. The minimum atomic E-state index is -0.00852. The van der Waals surface area contributed by atoms with Crippen LogP contribution in [0.15, 0.2) is 18.3 Å². The highest BCUT2D eigenvalue weighted by molar-refractivity contribution is 5.94. The molecule has 1 aromatic rings. The monoisotopic (exact) mass is 516 g/mol. The quantitative estimate of drug-likeness (QED) is 0.181. The number of carbonyl (C=O) groups is 1. The predicted molar refractivity (Wildman–Crippen MR) is 156 cm³/mol. The van der Waals surface area contributed by atoms with Crippen molar-refractivity contribution in [3.05, 3.63) is 23.9 Å². The fraction of sp³-hybridized carbons (Fsp3) is 0.806. The maximum atomic E-state index is 12.5. The van der Waals surface area contributed by atoms with Crippen LogP contribution in [0, 0.1) is 0 Å². The van der Waals surface area contributed by atoms with Crippen molar-refractivity contribution < 1.29 is 9.90 Å². The van der Waals surface area contributed by atoms with E-state index in [-0.39, 0.29) is 5.91 Å². The maximum absolute atomic E-state index is 12.5. The van der Waals surface area contributed by atoms with Crippen LogP contribution in [0.25, 0.3) is 0 Å². The first-order valence-electron chi connectivity index (χ1n) is 15.5. The van der Waals surface area contributed by atoms with Gasteiger partial charge in [-0.2, -0.15) is 0 Å². The lowest BCUT2D eigenvalue weighted by Gasteiger charge is -2.38. The number of unbranched alkanes of at least 4 members (excludes halogenated alkanes) is 14. The standard InChI is InChI=1S/C31H56N4O2/c1-3-28(2)34-22-24-35(25-23-34)30-20-19-29(27-33-30)31(37)32-21-17-15-13-11-9-7-5-4-6-8-10-12-14-16-18-26-36/h19-20,27-28,36H,3-18,21-26H2,1-2H3,(H,32,37). The number of pyridine rings is 1. The van der Waals surface area contributed by atoms with Crippen LogP contribution in [0.4, 0.5) is 5.82 Å². The molecule has 1 fully saturated rings. The normalized spacial score (nSPS) is 15.2. The second-order valence-electron chi connectivity index (χ2n) is 11.0. The van der Waals surface area contributed by atoms with Gasteiger partial charge in [-0.3, -0.25) is 9.69 Å². The molecule has 0 radical (unpaired) electrons. The van der Waals surface area contributed by atoms with E-state index in [1.165, 1.54) is 89.9 Å². The van der Waals surface area contributed by atoms with E-state index in [9.17, 15) is 4.79 Å². The highest BCUT2D eigenvalue weighted by Crippen LogP contribution is 2.17. The van der Waals surface area contributed by atoms with Crippen molar-refractivity contribution in [3.8, 4) is 0 Å². The van der Waals surface area contributed by atoms with Crippen molar-refractivity contribution in [3.63, 3.8) is 0 Å². The highest BCUT2D eigenvalue weighted by Gasteiger charge is 2.21. The van der Waals surface area contributed by atoms with E-state index in [1.807, 2.05) is 12.1 Å². The van der Waals surface area contributed by atoms with E-state index in [1.54, 1.807) is 6.20 Å². The van der Waals surface area contributed by atoms with Crippen LogP contribution < -0.4 is 10.2 Å². The Labute approximate surface area is 227 Å². The van der Waals surface area contributed by atoms with Gasteiger partial charge < -0.3 is 15.3 Å². The van der Waals surface area contributed by atoms with Crippen LogP contribution in [0.1, 0.15) is 127 Å². The summed E-state index contributed by atoms with van der Waals surface area (Å²) in [5, 5.41) is 11.8. The lowest BCUT2D eigenvalue weighted by molar-refractivity contribution is 0.0952. The van der Waals surface area contributed by atoms with Crippen molar-refractivity contribution in [2.24, 2.45) is 0 Å². The van der Waals surface area contributed by atoms with Gasteiger partial charge in [-0.05, 0) is 38.3 Å². The van der Waals surface area contributed by atoms with Gasteiger partial charge in [-0.15, -0.1) is 0 Å². The Bertz CT molecular complexity index is 689. The maximum Gasteiger partial charge on any atom is 0.252 e. The number of amides is 1. The molecule has 2 N–H and O–H groups in total. The number of nitrogens with zero attached hydrogens (tertiary/aromatic N) is 3. The van der Waals surface area contributed by atoms with Crippen LogP contribution >= 0.6 is 0 Å². The molecule has 1 atom stereocenters. The fourth-order valence-electron chi connectivity index (χ4n) is 5.20. The number of nitrogens with one attached hydrogen (secondary N) is 1. The van der Waals surface area contributed by atoms with E-state index < -0.39 is 0 Å². The summed E-state index contributed by atoms with van der Waals surface area (Å²) < 4.78 is 0. The number of aromatic nitrogens is 1. The first kappa shape index (κ1) is 31.6. The fourth-order valence-corrected chi connectivity index (χ4v) is 5.20. The summed E-state index contributed by atoms with van der Waals surface area (Å²) in [6.07, 6.45) is 22.1. The van der Waals surface area contributed by atoms with Crippen LogP contribution in [0.3, 0.4) is 0 Å². The van der Waals surface area contributed by atoms with Gasteiger partial charge in [0.25, 0.3) is 5.91 Å². The first-order valence-corrected chi connectivity index (χ1v) is 15.5. The third-order valence-corrected chi connectivity index (χ3v) is 7.98. The lowest BCUT2D eigenvalue weighted by Crippen LogP contribution is -2.49. The SMILES string of the molecule is CCC(C)N1CCN(c2ccc(C(=O)NCCCCCCCCCCCCCCCCCO)cn2)CC1. The Morgan fingerprint density at radius 2 is 1.35 bits per heavy atom. The molecule has 0 aliphatic carbocycles. The van der Waals surface area contributed by atoms with E-state index in [0.717, 1.165) is 51.4 Å². The molecule has 6 nitrogen and oxygen atoms in total. The zero-order valence-electron chi connectivity index (χ0n) is 24.1. The van der Waals surface area contributed by atoms with Gasteiger partial charge in [-0.1, -0.05) is 90.4 Å². The van der Waals surface area contributed by atoms with Crippen molar-refractivity contribution in [2.45, 2.75) is 123 Å². The van der Waals surface area contributed by atoms with E-state index in [2.05, 4.69) is 33.9 Å². The lowest BCUT2D eigenvalue weighted by atomic mass is 10.0. The van der Waals surface area contributed by atoms with Crippen LogP contribution in [0.2, 0.25) is 0 Å². The summed E-state index contributed by atoms with van der Waals surface area (Å²) in [4.78, 5) is 21.9. The molecule has 1 aliphatic rings. The smallest absolute Gasteiger partial charge is 0.252 e. The molecule has 0 saturated carbocycles. The van der Waals surface area contributed by atoms with Gasteiger partial charge >= 0.3 is 0 Å². The minimum Gasteiger partial charge on any atom is -0.396 e. The van der Waals surface area contributed by atoms with Crippen molar-refractivity contribution in [2.75, 3.05) is 44.2 Å². The second-order valence-corrected chi connectivity index (χ2v) is 11.0. The molecule has 1 saturated heterocycles. The Morgan fingerprint density at radius 3 is 1.81 bits per heavy atom. The molecule has 0 aromatic carbocycles. The molecule has 1 aromatic heterocycles. The minimum absolute atomic E-state index is 0.00852. The third kappa shape index (κ3) is 13.6. The first-order chi connectivity index (χ1) is 18.2. The predicted octanol–water partition coefficient (Wildman–Crippen LogP) is 6.58. The Balaban J connectivity index is 1.42. The van der Waals surface area contributed by atoms with Crippen molar-refractivity contribution in [1.29, 1.82) is 0 Å². The number of aliphatic hydroxyl groups is 1. The summed E-state index contributed by atoms with van der Waals surface area (Å²) in [5.74, 6) is 0.969. The Hall–Kier alpha value is -1.66. The summed E-state index contributed by atoms with van der Waals surface area (Å²) >= 11 is 0. The van der Waals surface area contributed by atoms with Gasteiger partial charge in [0.2, 0.25) is 0 Å². The van der Waals surface area contributed by atoms with Gasteiger partial charge in [0.1, 0.15) is 5.82 Å². The molecule has 1 amide bonds. The molecule has 2 heterocycles. The van der Waals surface area contributed by atoms with Gasteiger partial charge in [-0.25, -0.2) is 4.98 Å². The molecule has 0 bridgehead atoms. The molecule has 0 spiro atoms. The summed E-state index contributed by atoms with van der Waals surface area (Å²) in [7, 11) is 0. The zero-order chi connectivity index (χ0) is 26.6. The number of hydrogen-bond donors (Lipinski definition) is 2. The topological polar surface area (TPSA) is 68.7 Å². The van der Waals surface area contributed by atoms with Gasteiger partial charge in [0, 0.05) is 51.6 Å².